The largest absolute Gasteiger partial charge is 0.399 e. The standard InChI is InChI=1S/C9H9N3O2/c10-7-3-1-2-6(4-7)9-11-8(5-13)14-12-9/h1-5,8H,10H2,(H,11,12). The molecule has 0 fully saturated rings. The number of aldehydes is 1. The van der Waals surface area contributed by atoms with Crippen LogP contribution in [0.2, 0.25) is 0 Å². The average Bonchev–Trinajstić information content (AvgIpc) is 2.66. The number of nitrogens with zero attached hydrogens (tertiary/aromatic N) is 1. The Labute approximate surface area is 80.5 Å². The maximum Gasteiger partial charge on any atom is 0.254 e. The molecule has 0 aromatic heterocycles. The van der Waals surface area contributed by atoms with E-state index >= 15 is 0 Å². The molecule has 3 N–H and O–H groups in total. The Hall–Kier alpha value is -2.04. The van der Waals surface area contributed by atoms with Crippen LogP contribution in [0.5, 0.6) is 0 Å². The predicted molar refractivity (Wildman–Crippen MR) is 51.5 cm³/mol. The number of carbonyl (C=O) groups excluding carboxylic acids is 1. The van der Waals surface area contributed by atoms with Crippen molar-refractivity contribution in [2.24, 2.45) is 5.16 Å². The number of nitrogens with one attached hydrogen (secondary N) is 1. The third-order valence-corrected chi connectivity index (χ3v) is 1.82. The molecule has 1 aliphatic rings. The first-order valence-corrected chi connectivity index (χ1v) is 4.11. The average molecular weight is 191 g/mol. The second-order valence-electron chi connectivity index (χ2n) is 2.87. The second-order valence-corrected chi connectivity index (χ2v) is 2.87. The van der Waals surface area contributed by atoms with Crippen molar-refractivity contribution >= 4 is 17.8 Å². The molecule has 0 amide bonds. The molecule has 0 radical (unpaired) electrons. The van der Waals surface area contributed by atoms with Crippen molar-refractivity contribution in [3.05, 3.63) is 29.8 Å². The number of hydrogen-bond donors (Lipinski definition) is 2. The van der Waals surface area contributed by atoms with Gasteiger partial charge in [-0.3, -0.25) is 4.79 Å². The minimum atomic E-state index is -0.688. The quantitative estimate of drug-likeness (QED) is 0.512. The number of benzene rings is 1. The molecule has 0 bridgehead atoms. The summed E-state index contributed by atoms with van der Waals surface area (Å²) in [6, 6.07) is 7.17. The fourth-order valence-electron chi connectivity index (χ4n) is 1.18. The van der Waals surface area contributed by atoms with Crippen LogP contribution in [-0.2, 0) is 9.63 Å². The Kier molecular flexibility index (Phi) is 2.06. The highest BCUT2D eigenvalue weighted by atomic mass is 16.7. The molecule has 5 nitrogen and oxygen atoms in total. The highest BCUT2D eigenvalue weighted by molar-refractivity contribution is 6.00. The maximum absolute atomic E-state index is 10.4. The van der Waals surface area contributed by atoms with Crippen LogP contribution in [0.3, 0.4) is 0 Å². The van der Waals surface area contributed by atoms with Crippen molar-refractivity contribution in [2.45, 2.75) is 6.23 Å². The zero-order valence-corrected chi connectivity index (χ0v) is 7.31. The van der Waals surface area contributed by atoms with E-state index in [2.05, 4.69) is 10.5 Å². The number of nitrogens with two attached hydrogens (primary N) is 1. The van der Waals surface area contributed by atoms with E-state index in [0.29, 0.717) is 17.8 Å². The van der Waals surface area contributed by atoms with Crippen molar-refractivity contribution < 1.29 is 9.63 Å². The Bertz CT molecular complexity index is 389. The monoisotopic (exact) mass is 191 g/mol. The molecule has 1 heterocycles. The van der Waals surface area contributed by atoms with Crippen molar-refractivity contribution in [3.63, 3.8) is 0 Å². The zero-order valence-electron chi connectivity index (χ0n) is 7.31. The number of oxime groups is 1. The Balaban J connectivity index is 2.21. The van der Waals surface area contributed by atoms with Crippen LogP contribution in [0.25, 0.3) is 0 Å². The van der Waals surface area contributed by atoms with Gasteiger partial charge >= 0.3 is 0 Å². The SMILES string of the molecule is Nc1cccc(C2=NOC(C=O)N2)c1. The molecule has 0 spiro atoms. The van der Waals surface area contributed by atoms with Gasteiger partial charge in [0.05, 0.1) is 0 Å². The third kappa shape index (κ3) is 1.52. The maximum atomic E-state index is 10.4. The molecule has 2 rings (SSSR count). The van der Waals surface area contributed by atoms with E-state index in [1.54, 1.807) is 12.1 Å². The van der Waals surface area contributed by atoms with Gasteiger partial charge in [0, 0.05) is 11.3 Å². The molecule has 72 valence electrons. The Morgan fingerprint density at radius 1 is 1.57 bits per heavy atom. The lowest BCUT2D eigenvalue weighted by Gasteiger charge is -2.02. The second kappa shape index (κ2) is 3.37. The van der Waals surface area contributed by atoms with Crippen LogP contribution in [0.1, 0.15) is 5.56 Å². The lowest BCUT2D eigenvalue weighted by Crippen LogP contribution is -2.30. The van der Waals surface area contributed by atoms with Gasteiger partial charge in [-0.2, -0.15) is 0 Å². The van der Waals surface area contributed by atoms with Crippen LogP contribution in [0, 0.1) is 0 Å². The number of carbonyl (C=O) groups is 1. The normalized spacial score (nSPS) is 19.4. The van der Waals surface area contributed by atoms with Crippen LogP contribution in [0.15, 0.2) is 29.4 Å². The first-order chi connectivity index (χ1) is 6.79. The molecule has 1 aliphatic heterocycles. The highest BCUT2D eigenvalue weighted by Gasteiger charge is 2.19. The molecule has 1 aromatic carbocycles. The molecule has 0 saturated carbocycles. The summed E-state index contributed by atoms with van der Waals surface area (Å²) >= 11 is 0. The van der Waals surface area contributed by atoms with Crippen LogP contribution >= 0.6 is 0 Å². The zero-order chi connectivity index (χ0) is 9.97. The molecule has 1 unspecified atom stereocenters. The van der Waals surface area contributed by atoms with E-state index in [1.807, 2.05) is 12.1 Å². The fourth-order valence-corrected chi connectivity index (χ4v) is 1.18. The van der Waals surface area contributed by atoms with Gasteiger partial charge < -0.3 is 15.9 Å². The molecule has 1 aromatic rings. The van der Waals surface area contributed by atoms with Gasteiger partial charge in [0.2, 0.25) is 0 Å². The Morgan fingerprint density at radius 3 is 3.07 bits per heavy atom. The number of nitrogen functional groups attached to an aromatic ring is 1. The summed E-state index contributed by atoms with van der Waals surface area (Å²) in [5.41, 5.74) is 7.04. The van der Waals surface area contributed by atoms with Gasteiger partial charge in [-0.1, -0.05) is 17.3 Å². The minimum Gasteiger partial charge on any atom is -0.399 e. The summed E-state index contributed by atoms with van der Waals surface area (Å²) in [6.45, 7) is 0. The van der Waals surface area contributed by atoms with Gasteiger partial charge in [0.25, 0.3) is 6.23 Å². The van der Waals surface area contributed by atoms with Crippen LogP contribution in [0.4, 0.5) is 5.69 Å². The van der Waals surface area contributed by atoms with E-state index in [9.17, 15) is 4.79 Å². The van der Waals surface area contributed by atoms with Crippen molar-refractivity contribution in [1.82, 2.24) is 5.32 Å². The molecular formula is C9H9N3O2. The summed E-state index contributed by atoms with van der Waals surface area (Å²) in [7, 11) is 0. The first kappa shape index (κ1) is 8.55. The van der Waals surface area contributed by atoms with E-state index in [0.717, 1.165) is 5.56 Å². The third-order valence-electron chi connectivity index (χ3n) is 1.82. The predicted octanol–water partition coefficient (Wildman–Crippen LogP) is 0.0752. The summed E-state index contributed by atoms with van der Waals surface area (Å²) in [6.07, 6.45) is -0.0468. The van der Waals surface area contributed by atoms with Gasteiger partial charge in [0.15, 0.2) is 12.1 Å². The number of anilines is 1. The topological polar surface area (TPSA) is 76.7 Å². The van der Waals surface area contributed by atoms with Gasteiger partial charge in [-0.25, -0.2) is 0 Å². The molecule has 0 saturated heterocycles. The number of hydrogen-bond acceptors (Lipinski definition) is 5. The molecular weight excluding hydrogens is 182 g/mol. The van der Waals surface area contributed by atoms with E-state index < -0.39 is 6.23 Å². The van der Waals surface area contributed by atoms with Gasteiger partial charge in [-0.05, 0) is 12.1 Å². The summed E-state index contributed by atoms with van der Waals surface area (Å²) in [5, 5.41) is 6.51. The number of rotatable bonds is 2. The molecule has 5 heteroatoms. The molecule has 14 heavy (non-hydrogen) atoms. The van der Waals surface area contributed by atoms with Crippen LogP contribution in [-0.4, -0.2) is 18.3 Å². The molecule has 0 aliphatic carbocycles. The molecule has 1 atom stereocenters. The summed E-state index contributed by atoms with van der Waals surface area (Å²) in [5.74, 6) is 0.523. The lowest BCUT2D eigenvalue weighted by molar-refractivity contribution is -0.117. The highest BCUT2D eigenvalue weighted by Crippen LogP contribution is 2.10. The summed E-state index contributed by atoms with van der Waals surface area (Å²) < 4.78 is 0. The van der Waals surface area contributed by atoms with Gasteiger partial charge in [-0.15, -0.1) is 0 Å². The lowest BCUT2D eigenvalue weighted by atomic mass is 10.2. The number of amidine groups is 1. The smallest absolute Gasteiger partial charge is 0.254 e. The van der Waals surface area contributed by atoms with E-state index in [-0.39, 0.29) is 0 Å². The summed E-state index contributed by atoms with van der Waals surface area (Å²) in [4.78, 5) is 15.1. The van der Waals surface area contributed by atoms with Crippen molar-refractivity contribution in [3.8, 4) is 0 Å². The fraction of sp³-hybridized carbons (Fsp3) is 0.111. The van der Waals surface area contributed by atoms with Crippen LogP contribution < -0.4 is 11.1 Å². The van der Waals surface area contributed by atoms with E-state index in [4.69, 9.17) is 10.6 Å². The minimum absolute atomic E-state index is 0.523. The van der Waals surface area contributed by atoms with Gasteiger partial charge in [0.1, 0.15) is 0 Å². The Morgan fingerprint density at radius 2 is 2.43 bits per heavy atom. The van der Waals surface area contributed by atoms with Crippen molar-refractivity contribution in [2.75, 3.05) is 5.73 Å². The first-order valence-electron chi connectivity index (χ1n) is 4.11. The van der Waals surface area contributed by atoms with E-state index in [1.165, 1.54) is 0 Å². The van der Waals surface area contributed by atoms with Crippen molar-refractivity contribution in [1.29, 1.82) is 0 Å².